The Kier molecular flexibility index (Phi) is 5.23. The summed E-state index contributed by atoms with van der Waals surface area (Å²) in [6.45, 7) is 11.9. The topological polar surface area (TPSA) is 29.9 Å². The molecule has 1 aromatic rings. The van der Waals surface area contributed by atoms with Gasteiger partial charge in [-0.3, -0.25) is 4.68 Å². The zero-order valence-corrected chi connectivity index (χ0v) is 13.2. The second-order valence-electron chi connectivity index (χ2n) is 6.09. The smallest absolute Gasteiger partial charge is 0.130 e. The molecule has 1 aromatic heterocycles. The highest BCUT2D eigenvalue weighted by Crippen LogP contribution is 2.23. The number of halogens is 1. The zero-order chi connectivity index (χ0) is 13.9. The van der Waals surface area contributed by atoms with Crippen LogP contribution < -0.4 is 5.32 Å². The van der Waals surface area contributed by atoms with Gasteiger partial charge in [-0.25, -0.2) is 0 Å². The molecule has 0 aliphatic carbocycles. The predicted octanol–water partition coefficient (Wildman–Crippen LogP) is 3.34. The van der Waals surface area contributed by atoms with E-state index in [9.17, 15) is 0 Å². The van der Waals surface area contributed by atoms with Crippen LogP contribution in [0.4, 0.5) is 0 Å². The summed E-state index contributed by atoms with van der Waals surface area (Å²) in [6.07, 6.45) is 2.14. The number of aryl methyl sites for hydroxylation is 2. The van der Waals surface area contributed by atoms with E-state index < -0.39 is 0 Å². The summed E-state index contributed by atoms with van der Waals surface area (Å²) in [5, 5.41) is 8.72. The van der Waals surface area contributed by atoms with Gasteiger partial charge in [0.1, 0.15) is 5.15 Å². The zero-order valence-electron chi connectivity index (χ0n) is 12.5. The second-order valence-corrected chi connectivity index (χ2v) is 6.45. The molecule has 1 heterocycles. The molecule has 0 saturated carbocycles. The van der Waals surface area contributed by atoms with Gasteiger partial charge in [-0.15, -0.1) is 0 Å². The Balaban J connectivity index is 2.68. The van der Waals surface area contributed by atoms with Crippen molar-refractivity contribution in [3.05, 3.63) is 16.4 Å². The van der Waals surface area contributed by atoms with Crippen molar-refractivity contribution in [2.24, 2.45) is 13.0 Å². The van der Waals surface area contributed by atoms with Crippen molar-refractivity contribution in [2.45, 2.75) is 53.0 Å². The van der Waals surface area contributed by atoms with Crippen molar-refractivity contribution in [1.82, 2.24) is 15.1 Å². The molecular weight excluding hydrogens is 246 g/mol. The van der Waals surface area contributed by atoms with Crippen molar-refractivity contribution < 1.29 is 0 Å². The van der Waals surface area contributed by atoms with Gasteiger partial charge in [0.25, 0.3) is 0 Å². The molecule has 3 nitrogen and oxygen atoms in total. The molecule has 0 saturated heterocycles. The molecule has 1 rings (SSSR count). The van der Waals surface area contributed by atoms with Gasteiger partial charge in [-0.05, 0) is 46.6 Å². The van der Waals surface area contributed by atoms with Crippen LogP contribution >= 0.6 is 11.6 Å². The van der Waals surface area contributed by atoms with Crippen LogP contribution in [-0.2, 0) is 13.5 Å². The molecule has 4 heteroatoms. The first-order chi connectivity index (χ1) is 8.24. The van der Waals surface area contributed by atoms with Gasteiger partial charge in [0.05, 0.1) is 5.69 Å². The molecule has 0 spiro atoms. The molecule has 104 valence electrons. The summed E-state index contributed by atoms with van der Waals surface area (Å²) in [5.74, 6) is 0.602. The average Bonchev–Trinajstić information content (AvgIpc) is 2.48. The van der Waals surface area contributed by atoms with E-state index in [0.717, 1.165) is 30.2 Å². The normalized spacial score (nSPS) is 13.9. The van der Waals surface area contributed by atoms with Crippen LogP contribution in [0, 0.1) is 12.8 Å². The van der Waals surface area contributed by atoms with Gasteiger partial charge in [0, 0.05) is 18.2 Å². The Bertz CT molecular complexity index is 390. The van der Waals surface area contributed by atoms with Gasteiger partial charge >= 0.3 is 0 Å². The van der Waals surface area contributed by atoms with Gasteiger partial charge in [0.15, 0.2) is 0 Å². The maximum atomic E-state index is 6.29. The first-order valence-corrected chi connectivity index (χ1v) is 7.05. The number of nitrogens with zero attached hydrogens (tertiary/aromatic N) is 2. The standard InChI is InChI=1S/C14H26ClN3/c1-7-11(9-16-14(3,4)5)8-12-10(2)17-18(6)13(12)15/h11,16H,7-9H2,1-6H3. The lowest BCUT2D eigenvalue weighted by Crippen LogP contribution is -2.39. The highest BCUT2D eigenvalue weighted by Gasteiger charge is 2.18. The molecule has 18 heavy (non-hydrogen) atoms. The van der Waals surface area contributed by atoms with E-state index in [1.165, 1.54) is 5.56 Å². The third kappa shape index (κ3) is 4.29. The van der Waals surface area contributed by atoms with Gasteiger partial charge < -0.3 is 5.32 Å². The number of hydrogen-bond acceptors (Lipinski definition) is 2. The first-order valence-electron chi connectivity index (χ1n) is 6.67. The number of hydrogen-bond donors (Lipinski definition) is 1. The van der Waals surface area contributed by atoms with Crippen molar-refractivity contribution in [3.8, 4) is 0 Å². The van der Waals surface area contributed by atoms with Crippen LogP contribution in [0.3, 0.4) is 0 Å². The molecule has 0 aliphatic rings. The molecule has 0 aliphatic heterocycles. The molecule has 0 fully saturated rings. The van der Waals surface area contributed by atoms with Crippen LogP contribution in [0.15, 0.2) is 0 Å². The Labute approximate surface area is 116 Å². The van der Waals surface area contributed by atoms with E-state index >= 15 is 0 Å². The highest BCUT2D eigenvalue weighted by molar-refractivity contribution is 6.30. The molecule has 0 radical (unpaired) electrons. The maximum absolute atomic E-state index is 6.29. The van der Waals surface area contributed by atoms with Crippen LogP contribution in [0.2, 0.25) is 5.15 Å². The largest absolute Gasteiger partial charge is 0.312 e. The summed E-state index contributed by atoms with van der Waals surface area (Å²) in [7, 11) is 1.90. The quantitative estimate of drug-likeness (QED) is 0.890. The van der Waals surface area contributed by atoms with Crippen molar-refractivity contribution in [3.63, 3.8) is 0 Å². The third-order valence-corrected chi connectivity index (χ3v) is 3.73. The molecule has 1 unspecified atom stereocenters. The molecule has 0 bridgehead atoms. The molecule has 0 aromatic carbocycles. The predicted molar refractivity (Wildman–Crippen MR) is 78.2 cm³/mol. The number of nitrogens with one attached hydrogen (secondary N) is 1. The average molecular weight is 272 g/mol. The fraction of sp³-hybridized carbons (Fsp3) is 0.786. The molecule has 1 N–H and O–H groups in total. The number of aromatic nitrogens is 2. The molecule has 1 atom stereocenters. The van der Waals surface area contributed by atoms with Crippen molar-refractivity contribution in [1.29, 1.82) is 0 Å². The van der Waals surface area contributed by atoms with Crippen LogP contribution in [0.5, 0.6) is 0 Å². The van der Waals surface area contributed by atoms with E-state index in [1.54, 1.807) is 4.68 Å². The molecule has 0 amide bonds. The summed E-state index contributed by atoms with van der Waals surface area (Å²) in [4.78, 5) is 0. The minimum absolute atomic E-state index is 0.168. The van der Waals surface area contributed by atoms with E-state index in [0.29, 0.717) is 5.92 Å². The van der Waals surface area contributed by atoms with Crippen LogP contribution in [0.25, 0.3) is 0 Å². The van der Waals surface area contributed by atoms with E-state index in [2.05, 4.69) is 38.1 Å². The Hall–Kier alpha value is -0.540. The van der Waals surface area contributed by atoms with Crippen molar-refractivity contribution >= 4 is 11.6 Å². The van der Waals surface area contributed by atoms with Gasteiger partial charge in [-0.2, -0.15) is 5.10 Å². The van der Waals surface area contributed by atoms with E-state index in [-0.39, 0.29) is 5.54 Å². The molecular formula is C14H26ClN3. The minimum Gasteiger partial charge on any atom is -0.312 e. The Morgan fingerprint density at radius 2 is 2.00 bits per heavy atom. The summed E-state index contributed by atoms with van der Waals surface area (Å²) >= 11 is 6.29. The van der Waals surface area contributed by atoms with Gasteiger partial charge in [0.2, 0.25) is 0 Å². The summed E-state index contributed by atoms with van der Waals surface area (Å²) in [6, 6.07) is 0. The lowest BCUT2D eigenvalue weighted by atomic mass is 9.96. The fourth-order valence-corrected chi connectivity index (χ4v) is 2.26. The monoisotopic (exact) mass is 271 g/mol. The lowest BCUT2D eigenvalue weighted by molar-refractivity contribution is 0.363. The third-order valence-electron chi connectivity index (χ3n) is 3.26. The lowest BCUT2D eigenvalue weighted by Gasteiger charge is -2.24. The summed E-state index contributed by atoms with van der Waals surface area (Å²) in [5.41, 5.74) is 2.42. The van der Waals surface area contributed by atoms with Crippen molar-refractivity contribution in [2.75, 3.05) is 6.54 Å². The Morgan fingerprint density at radius 3 is 2.39 bits per heavy atom. The second kappa shape index (κ2) is 6.07. The minimum atomic E-state index is 0.168. The van der Waals surface area contributed by atoms with E-state index in [4.69, 9.17) is 11.6 Å². The van der Waals surface area contributed by atoms with Crippen LogP contribution in [-0.4, -0.2) is 21.9 Å². The maximum Gasteiger partial charge on any atom is 0.130 e. The summed E-state index contributed by atoms with van der Waals surface area (Å²) < 4.78 is 1.76. The van der Waals surface area contributed by atoms with E-state index in [1.807, 2.05) is 14.0 Å². The first kappa shape index (κ1) is 15.5. The van der Waals surface area contributed by atoms with Crippen LogP contribution in [0.1, 0.15) is 45.4 Å². The highest BCUT2D eigenvalue weighted by atomic mass is 35.5. The fourth-order valence-electron chi connectivity index (χ4n) is 2.01. The SMILES string of the molecule is CCC(CNC(C)(C)C)Cc1c(C)nn(C)c1Cl. The Morgan fingerprint density at radius 1 is 1.39 bits per heavy atom. The van der Waals surface area contributed by atoms with Gasteiger partial charge in [-0.1, -0.05) is 24.9 Å². The number of rotatable bonds is 5.